The van der Waals surface area contributed by atoms with Crippen LogP contribution in [0.3, 0.4) is 0 Å². The maximum Gasteiger partial charge on any atom is 0.123 e. The summed E-state index contributed by atoms with van der Waals surface area (Å²) in [6, 6.07) is 14.6. The first kappa shape index (κ1) is 8.17. The second-order valence-electron chi connectivity index (χ2n) is 3.40. The van der Waals surface area contributed by atoms with Crippen LogP contribution in [-0.4, -0.2) is 14.8 Å². The molecule has 1 heterocycles. The lowest BCUT2D eigenvalue weighted by Gasteiger charge is -2.02. The van der Waals surface area contributed by atoms with E-state index >= 15 is 0 Å². The number of hydrogen-bond acceptors (Lipinski definition) is 2. The molecule has 0 amide bonds. The van der Waals surface area contributed by atoms with Gasteiger partial charge in [0, 0.05) is 5.69 Å². The molecule has 2 aromatic carbocycles. The minimum absolute atomic E-state index is 1.08. The summed E-state index contributed by atoms with van der Waals surface area (Å²) >= 11 is 0. The fraction of sp³-hybridized carbons (Fsp3) is 0. The molecule has 3 rings (SSSR count). The van der Waals surface area contributed by atoms with Gasteiger partial charge in [0.15, 0.2) is 0 Å². The summed E-state index contributed by atoms with van der Waals surface area (Å²) in [5, 5.41) is 10.1. The van der Waals surface area contributed by atoms with Crippen LogP contribution in [0.5, 0.6) is 0 Å². The van der Waals surface area contributed by atoms with E-state index < -0.39 is 0 Å². The molecule has 1 aromatic heterocycles. The third-order valence-electron chi connectivity index (χ3n) is 2.45. The average molecular weight is 195 g/mol. The zero-order valence-electron chi connectivity index (χ0n) is 8.04. The third kappa shape index (κ3) is 1.38. The van der Waals surface area contributed by atoms with Crippen molar-refractivity contribution in [2.24, 2.45) is 0 Å². The molecule has 0 fully saturated rings. The summed E-state index contributed by atoms with van der Waals surface area (Å²) in [6.07, 6.45) is 3.40. The van der Waals surface area contributed by atoms with E-state index in [4.69, 9.17) is 0 Å². The van der Waals surface area contributed by atoms with E-state index in [1.807, 2.05) is 16.7 Å². The molecule has 0 aliphatic carbocycles. The molecule has 0 radical (unpaired) electrons. The van der Waals surface area contributed by atoms with Gasteiger partial charge in [-0.25, -0.2) is 0 Å². The second-order valence-corrected chi connectivity index (χ2v) is 3.40. The van der Waals surface area contributed by atoms with Gasteiger partial charge < -0.3 is 0 Å². The van der Waals surface area contributed by atoms with Crippen LogP contribution < -0.4 is 0 Å². The fourth-order valence-electron chi connectivity index (χ4n) is 1.67. The highest BCUT2D eigenvalue weighted by molar-refractivity contribution is 5.84. The third-order valence-corrected chi connectivity index (χ3v) is 2.45. The molecule has 3 nitrogen and oxygen atoms in total. The minimum Gasteiger partial charge on any atom is -0.288 e. The van der Waals surface area contributed by atoms with Crippen LogP contribution in [0.2, 0.25) is 0 Å². The van der Waals surface area contributed by atoms with Gasteiger partial charge in [0.1, 0.15) is 12.7 Å². The lowest BCUT2D eigenvalue weighted by Crippen LogP contribution is -1.89. The maximum atomic E-state index is 3.79. The van der Waals surface area contributed by atoms with Crippen LogP contribution in [0, 0.1) is 0 Å². The van der Waals surface area contributed by atoms with E-state index in [0.717, 1.165) is 5.69 Å². The first-order valence-electron chi connectivity index (χ1n) is 4.77. The first-order valence-corrected chi connectivity index (χ1v) is 4.77. The van der Waals surface area contributed by atoms with Gasteiger partial charge in [-0.1, -0.05) is 30.3 Å². The molecule has 0 unspecified atom stereocenters. The Kier molecular flexibility index (Phi) is 1.75. The van der Waals surface area contributed by atoms with Gasteiger partial charge >= 0.3 is 0 Å². The number of benzene rings is 2. The predicted octanol–water partition coefficient (Wildman–Crippen LogP) is 2.42. The zero-order chi connectivity index (χ0) is 10.1. The van der Waals surface area contributed by atoms with Gasteiger partial charge in [-0.15, -0.1) is 10.2 Å². The summed E-state index contributed by atoms with van der Waals surface area (Å²) in [7, 11) is 0. The Bertz CT molecular complexity index is 585. The minimum atomic E-state index is 1.08. The van der Waals surface area contributed by atoms with E-state index in [-0.39, 0.29) is 0 Å². The molecule has 72 valence electrons. The summed E-state index contributed by atoms with van der Waals surface area (Å²) in [4.78, 5) is 0. The zero-order valence-corrected chi connectivity index (χ0v) is 8.04. The predicted molar refractivity (Wildman–Crippen MR) is 58.9 cm³/mol. The van der Waals surface area contributed by atoms with Crippen LogP contribution in [0.1, 0.15) is 0 Å². The van der Waals surface area contributed by atoms with Gasteiger partial charge in [-0.2, -0.15) is 0 Å². The molecule has 0 atom stereocenters. The summed E-state index contributed by atoms with van der Waals surface area (Å²) in [6.45, 7) is 0. The Hall–Kier alpha value is -2.16. The number of rotatable bonds is 1. The monoisotopic (exact) mass is 195 g/mol. The number of fused-ring (bicyclic) bond motifs is 1. The highest BCUT2D eigenvalue weighted by Crippen LogP contribution is 2.17. The summed E-state index contributed by atoms with van der Waals surface area (Å²) in [5.41, 5.74) is 1.08. The highest BCUT2D eigenvalue weighted by Gasteiger charge is 1.97. The quantitative estimate of drug-likeness (QED) is 0.597. The van der Waals surface area contributed by atoms with Gasteiger partial charge in [-0.3, -0.25) is 4.57 Å². The van der Waals surface area contributed by atoms with E-state index in [9.17, 15) is 0 Å². The van der Waals surface area contributed by atoms with Gasteiger partial charge in [0.2, 0.25) is 0 Å². The smallest absolute Gasteiger partial charge is 0.123 e. The lowest BCUT2D eigenvalue weighted by atomic mass is 10.1. The first-order chi connectivity index (χ1) is 7.43. The van der Waals surface area contributed by atoms with Crippen molar-refractivity contribution < 1.29 is 0 Å². The normalized spacial score (nSPS) is 10.7. The standard InChI is InChI=1S/C12H9N3/c1-2-4-11-7-12(6-5-10(11)3-1)15-8-13-14-9-15/h1-9H. The van der Waals surface area contributed by atoms with E-state index in [0.29, 0.717) is 0 Å². The number of nitrogens with zero attached hydrogens (tertiary/aromatic N) is 3. The van der Waals surface area contributed by atoms with Gasteiger partial charge in [-0.05, 0) is 22.9 Å². The Morgan fingerprint density at radius 2 is 1.53 bits per heavy atom. The van der Waals surface area contributed by atoms with E-state index in [2.05, 4.69) is 40.5 Å². The topological polar surface area (TPSA) is 30.7 Å². The molecule has 0 saturated carbocycles. The molecular formula is C12H9N3. The van der Waals surface area contributed by atoms with Crippen molar-refractivity contribution in [3.8, 4) is 5.69 Å². The van der Waals surface area contributed by atoms with Crippen molar-refractivity contribution in [3.63, 3.8) is 0 Å². The van der Waals surface area contributed by atoms with E-state index in [1.165, 1.54) is 10.8 Å². The largest absolute Gasteiger partial charge is 0.288 e. The Morgan fingerprint density at radius 3 is 2.33 bits per heavy atom. The molecule has 0 saturated heterocycles. The van der Waals surface area contributed by atoms with Gasteiger partial charge in [0.05, 0.1) is 0 Å². The molecular weight excluding hydrogens is 186 g/mol. The SMILES string of the molecule is c1ccc2cc(-n3cnnc3)ccc2c1. The Balaban J connectivity index is 2.22. The van der Waals surface area contributed by atoms with Gasteiger partial charge in [0.25, 0.3) is 0 Å². The van der Waals surface area contributed by atoms with Crippen LogP contribution in [0.4, 0.5) is 0 Å². The summed E-state index contributed by atoms with van der Waals surface area (Å²) < 4.78 is 1.90. The molecule has 0 aliphatic rings. The molecule has 15 heavy (non-hydrogen) atoms. The Labute approximate surface area is 87.0 Å². The molecule has 3 aromatic rings. The van der Waals surface area contributed by atoms with Crippen LogP contribution >= 0.6 is 0 Å². The maximum absolute atomic E-state index is 3.79. The van der Waals surface area contributed by atoms with Crippen molar-refractivity contribution in [2.75, 3.05) is 0 Å². The molecule has 0 spiro atoms. The molecule has 3 heteroatoms. The second kappa shape index (κ2) is 3.20. The average Bonchev–Trinajstić information content (AvgIpc) is 2.82. The van der Waals surface area contributed by atoms with Crippen LogP contribution in [0.15, 0.2) is 55.1 Å². The van der Waals surface area contributed by atoms with Crippen molar-refractivity contribution in [1.82, 2.24) is 14.8 Å². The number of hydrogen-bond donors (Lipinski definition) is 0. The van der Waals surface area contributed by atoms with Crippen molar-refractivity contribution in [2.45, 2.75) is 0 Å². The summed E-state index contributed by atoms with van der Waals surface area (Å²) in [5.74, 6) is 0. The van der Waals surface area contributed by atoms with Crippen LogP contribution in [0.25, 0.3) is 16.5 Å². The lowest BCUT2D eigenvalue weighted by molar-refractivity contribution is 1.06. The van der Waals surface area contributed by atoms with Crippen molar-refractivity contribution in [3.05, 3.63) is 55.1 Å². The molecule has 0 aliphatic heterocycles. The molecule has 0 bridgehead atoms. The van der Waals surface area contributed by atoms with Crippen LogP contribution in [-0.2, 0) is 0 Å². The fourth-order valence-corrected chi connectivity index (χ4v) is 1.67. The van der Waals surface area contributed by atoms with Crippen molar-refractivity contribution >= 4 is 10.8 Å². The number of aromatic nitrogens is 3. The van der Waals surface area contributed by atoms with E-state index in [1.54, 1.807) is 12.7 Å². The molecule has 0 N–H and O–H groups in total. The van der Waals surface area contributed by atoms with Crippen molar-refractivity contribution in [1.29, 1.82) is 0 Å². The highest BCUT2D eigenvalue weighted by atomic mass is 15.2. The Morgan fingerprint density at radius 1 is 0.800 bits per heavy atom.